The van der Waals surface area contributed by atoms with Crippen LogP contribution in [0.5, 0.6) is 5.75 Å². The molecule has 29 heavy (non-hydrogen) atoms. The third-order valence-electron chi connectivity index (χ3n) is 5.35. The Morgan fingerprint density at radius 3 is 2.62 bits per heavy atom. The number of nitrogens with zero attached hydrogens (tertiary/aromatic N) is 1. The van der Waals surface area contributed by atoms with Gasteiger partial charge in [0.2, 0.25) is 0 Å². The fourth-order valence-corrected chi connectivity index (χ4v) is 3.90. The molecule has 0 N–H and O–H groups in total. The number of carbonyl (C=O) groups is 2. The number of piperidine rings is 1. The van der Waals surface area contributed by atoms with Crippen LogP contribution in [0.2, 0.25) is 0 Å². The first-order valence-electron chi connectivity index (χ1n) is 9.82. The molecule has 2 aromatic carbocycles. The highest BCUT2D eigenvalue weighted by Crippen LogP contribution is 2.36. The number of rotatable bonds is 6. The van der Waals surface area contributed by atoms with E-state index < -0.39 is 5.41 Å². The van der Waals surface area contributed by atoms with Crippen LogP contribution < -0.4 is 4.74 Å². The van der Waals surface area contributed by atoms with E-state index in [-0.39, 0.29) is 30.8 Å². The number of methoxy groups -OCH3 is 1. The zero-order valence-electron chi connectivity index (χ0n) is 16.8. The molecule has 3 rings (SSSR count). The van der Waals surface area contributed by atoms with Crippen LogP contribution in [0.15, 0.2) is 48.5 Å². The van der Waals surface area contributed by atoms with Gasteiger partial charge in [0.15, 0.2) is 0 Å². The van der Waals surface area contributed by atoms with Crippen molar-refractivity contribution in [3.8, 4) is 5.75 Å². The van der Waals surface area contributed by atoms with Crippen molar-refractivity contribution in [3.63, 3.8) is 0 Å². The van der Waals surface area contributed by atoms with Crippen molar-refractivity contribution in [3.05, 3.63) is 65.5 Å². The van der Waals surface area contributed by atoms with Crippen LogP contribution in [0.3, 0.4) is 0 Å². The van der Waals surface area contributed by atoms with E-state index in [0.717, 1.165) is 5.56 Å². The summed E-state index contributed by atoms with van der Waals surface area (Å²) in [4.78, 5) is 27.8. The number of halogens is 1. The van der Waals surface area contributed by atoms with Crippen molar-refractivity contribution in [2.75, 3.05) is 26.8 Å². The van der Waals surface area contributed by atoms with Gasteiger partial charge in [-0.2, -0.15) is 0 Å². The summed E-state index contributed by atoms with van der Waals surface area (Å²) in [6, 6.07) is 13.1. The number of likely N-dealkylation sites (tertiary alicyclic amines) is 1. The number of esters is 1. The van der Waals surface area contributed by atoms with Crippen molar-refractivity contribution in [2.45, 2.75) is 26.2 Å². The van der Waals surface area contributed by atoms with Crippen LogP contribution >= 0.6 is 0 Å². The first kappa shape index (κ1) is 20.8. The number of amides is 1. The van der Waals surface area contributed by atoms with Gasteiger partial charge in [-0.1, -0.05) is 18.2 Å². The number of hydrogen-bond acceptors (Lipinski definition) is 4. The van der Waals surface area contributed by atoms with Crippen LogP contribution in [0.4, 0.5) is 4.39 Å². The molecule has 5 nitrogen and oxygen atoms in total. The van der Waals surface area contributed by atoms with Gasteiger partial charge in [-0.15, -0.1) is 0 Å². The molecule has 1 fully saturated rings. The Morgan fingerprint density at radius 2 is 1.93 bits per heavy atom. The summed E-state index contributed by atoms with van der Waals surface area (Å²) in [5, 5.41) is 0. The highest BCUT2D eigenvalue weighted by atomic mass is 19.1. The topological polar surface area (TPSA) is 55.8 Å². The maximum atomic E-state index is 13.3. The fourth-order valence-electron chi connectivity index (χ4n) is 3.90. The molecule has 1 aliphatic heterocycles. The molecule has 154 valence electrons. The lowest BCUT2D eigenvalue weighted by Gasteiger charge is -2.41. The lowest BCUT2D eigenvalue weighted by Crippen LogP contribution is -2.51. The zero-order chi connectivity index (χ0) is 20.9. The van der Waals surface area contributed by atoms with E-state index in [1.165, 1.54) is 12.1 Å². The molecular weight excluding hydrogens is 373 g/mol. The SMILES string of the molecule is CCOC(=O)[C@@]1(Cc2ccc(F)cc2)CCCN(C(=O)c2cccc(OC)c2)C1. The van der Waals surface area contributed by atoms with Gasteiger partial charge in [-0.25, -0.2) is 4.39 Å². The smallest absolute Gasteiger partial charge is 0.314 e. The molecule has 0 radical (unpaired) electrons. The first-order valence-corrected chi connectivity index (χ1v) is 9.82. The fraction of sp³-hybridized carbons (Fsp3) is 0.391. The molecule has 0 saturated carbocycles. The van der Waals surface area contributed by atoms with Crippen LogP contribution in [-0.2, 0) is 16.0 Å². The minimum atomic E-state index is -0.847. The second-order valence-electron chi connectivity index (χ2n) is 7.37. The lowest BCUT2D eigenvalue weighted by atomic mass is 9.75. The molecule has 0 unspecified atom stereocenters. The average molecular weight is 399 g/mol. The molecule has 2 aromatic rings. The summed E-state index contributed by atoms with van der Waals surface area (Å²) < 4.78 is 23.9. The standard InChI is InChI=1S/C23H26FNO4/c1-3-29-22(27)23(15-17-8-10-19(24)11-9-17)12-5-13-25(16-23)21(26)18-6-4-7-20(14-18)28-2/h4,6-11,14H,3,5,12-13,15-16H2,1-2H3/t23-/m1/s1. The maximum absolute atomic E-state index is 13.3. The van der Waals surface area contributed by atoms with Crippen LogP contribution in [0, 0.1) is 11.2 Å². The molecule has 0 aliphatic carbocycles. The Hall–Kier alpha value is -2.89. The van der Waals surface area contributed by atoms with Crippen molar-refractivity contribution in [2.24, 2.45) is 5.41 Å². The summed E-state index contributed by atoms with van der Waals surface area (Å²) in [6.07, 6.45) is 1.70. The number of benzene rings is 2. The molecule has 1 heterocycles. The number of hydrogen-bond donors (Lipinski definition) is 0. The van der Waals surface area contributed by atoms with Gasteiger partial charge >= 0.3 is 5.97 Å². The van der Waals surface area contributed by atoms with Crippen LogP contribution in [0.25, 0.3) is 0 Å². The minimum absolute atomic E-state index is 0.142. The molecule has 0 spiro atoms. The Bertz CT molecular complexity index is 867. The Labute approximate surface area is 170 Å². The Balaban J connectivity index is 1.87. The summed E-state index contributed by atoms with van der Waals surface area (Å²) >= 11 is 0. The molecule has 6 heteroatoms. The van der Waals surface area contributed by atoms with Gasteiger partial charge in [-0.3, -0.25) is 9.59 Å². The van der Waals surface area contributed by atoms with E-state index >= 15 is 0 Å². The van der Waals surface area contributed by atoms with Gasteiger partial charge in [0.05, 0.1) is 19.1 Å². The normalized spacial score (nSPS) is 18.9. The lowest BCUT2D eigenvalue weighted by molar-refractivity contribution is -0.158. The van der Waals surface area contributed by atoms with Gasteiger partial charge in [0, 0.05) is 18.7 Å². The predicted molar refractivity (Wildman–Crippen MR) is 107 cm³/mol. The summed E-state index contributed by atoms with van der Waals surface area (Å²) in [7, 11) is 1.55. The quantitative estimate of drug-likeness (QED) is 0.692. The van der Waals surface area contributed by atoms with Crippen molar-refractivity contribution >= 4 is 11.9 Å². The highest BCUT2D eigenvalue weighted by molar-refractivity contribution is 5.95. The monoisotopic (exact) mass is 399 g/mol. The highest BCUT2D eigenvalue weighted by Gasteiger charge is 2.45. The molecule has 0 aromatic heterocycles. The van der Waals surface area contributed by atoms with Gasteiger partial charge in [-0.05, 0) is 62.1 Å². The zero-order valence-corrected chi connectivity index (χ0v) is 16.8. The van der Waals surface area contributed by atoms with E-state index in [0.29, 0.717) is 37.1 Å². The summed E-state index contributed by atoms with van der Waals surface area (Å²) in [5.41, 5.74) is 0.515. The maximum Gasteiger partial charge on any atom is 0.314 e. The second kappa shape index (κ2) is 9.07. The molecule has 1 saturated heterocycles. The number of carbonyl (C=O) groups excluding carboxylic acids is 2. The third-order valence-corrected chi connectivity index (χ3v) is 5.35. The molecule has 1 amide bonds. The van der Waals surface area contributed by atoms with Crippen molar-refractivity contribution in [1.29, 1.82) is 0 Å². The van der Waals surface area contributed by atoms with E-state index in [9.17, 15) is 14.0 Å². The number of ether oxygens (including phenoxy) is 2. The van der Waals surface area contributed by atoms with Crippen LogP contribution in [-0.4, -0.2) is 43.6 Å². The van der Waals surface area contributed by atoms with Crippen LogP contribution in [0.1, 0.15) is 35.7 Å². The molecular formula is C23H26FNO4. The predicted octanol–water partition coefficient (Wildman–Crippen LogP) is 3.86. The van der Waals surface area contributed by atoms with Crippen molar-refractivity contribution < 1.29 is 23.5 Å². The first-order chi connectivity index (χ1) is 14.0. The average Bonchev–Trinajstić information content (AvgIpc) is 2.75. The van der Waals surface area contributed by atoms with E-state index in [2.05, 4.69) is 0 Å². The minimum Gasteiger partial charge on any atom is -0.497 e. The Kier molecular flexibility index (Phi) is 6.52. The summed E-state index contributed by atoms with van der Waals surface area (Å²) in [6.45, 7) is 2.87. The van der Waals surface area contributed by atoms with Crippen molar-refractivity contribution in [1.82, 2.24) is 4.90 Å². The third kappa shape index (κ3) is 4.75. The van der Waals surface area contributed by atoms with Gasteiger partial charge in [0.1, 0.15) is 11.6 Å². The largest absolute Gasteiger partial charge is 0.497 e. The molecule has 0 bridgehead atoms. The second-order valence-corrected chi connectivity index (χ2v) is 7.37. The molecule has 1 atom stereocenters. The summed E-state index contributed by atoms with van der Waals surface area (Å²) in [5.74, 6) is -0.169. The van der Waals surface area contributed by atoms with E-state index in [1.54, 1.807) is 55.3 Å². The van der Waals surface area contributed by atoms with Gasteiger partial charge in [0.25, 0.3) is 5.91 Å². The molecule has 1 aliphatic rings. The van der Waals surface area contributed by atoms with Gasteiger partial charge < -0.3 is 14.4 Å². The van der Waals surface area contributed by atoms with E-state index in [1.807, 2.05) is 0 Å². The van der Waals surface area contributed by atoms with E-state index in [4.69, 9.17) is 9.47 Å². The Morgan fingerprint density at radius 1 is 1.17 bits per heavy atom.